The Morgan fingerprint density at radius 1 is 1.26 bits per heavy atom. The summed E-state index contributed by atoms with van der Waals surface area (Å²) in [5.41, 5.74) is 13.1. The van der Waals surface area contributed by atoms with Crippen LogP contribution in [0.25, 0.3) is 0 Å². The number of nitrogens with one attached hydrogen (secondary N) is 1. The molecule has 0 spiro atoms. The van der Waals surface area contributed by atoms with Crippen LogP contribution in [0.4, 0.5) is 5.69 Å². The molecule has 4 nitrogen and oxygen atoms in total. The molecule has 5 N–H and O–H groups in total. The van der Waals surface area contributed by atoms with E-state index in [-0.39, 0.29) is 12.3 Å². The Morgan fingerprint density at radius 2 is 2.00 bits per heavy atom. The quantitative estimate of drug-likeness (QED) is 0.753. The van der Waals surface area contributed by atoms with Crippen LogP contribution in [0.15, 0.2) is 24.3 Å². The molecule has 2 atom stereocenters. The molecule has 1 aliphatic carbocycles. The van der Waals surface area contributed by atoms with Crippen LogP contribution in [0.1, 0.15) is 31.2 Å². The van der Waals surface area contributed by atoms with Crippen molar-refractivity contribution in [2.75, 3.05) is 11.9 Å². The molecular formula is C15H23N3O. The van der Waals surface area contributed by atoms with E-state index in [2.05, 4.69) is 5.32 Å². The van der Waals surface area contributed by atoms with Crippen molar-refractivity contribution in [1.82, 2.24) is 0 Å². The number of para-hydroxylation sites is 1. The lowest BCUT2D eigenvalue weighted by molar-refractivity contribution is -0.117. The maximum absolute atomic E-state index is 11.1. The van der Waals surface area contributed by atoms with Crippen LogP contribution in [0.5, 0.6) is 0 Å². The summed E-state index contributed by atoms with van der Waals surface area (Å²) >= 11 is 0. The Kier molecular flexibility index (Phi) is 4.80. The van der Waals surface area contributed by atoms with Crippen molar-refractivity contribution < 1.29 is 4.79 Å². The van der Waals surface area contributed by atoms with Gasteiger partial charge >= 0.3 is 0 Å². The molecule has 1 saturated carbocycles. The predicted octanol–water partition coefficient (Wildman–Crippen LogP) is 1.64. The minimum atomic E-state index is -0.298. The summed E-state index contributed by atoms with van der Waals surface area (Å²) in [5, 5.41) is 3.57. The minimum absolute atomic E-state index is 0.281. The van der Waals surface area contributed by atoms with Gasteiger partial charge in [-0.25, -0.2) is 0 Å². The number of benzene rings is 1. The third-order valence-corrected chi connectivity index (χ3v) is 3.93. The van der Waals surface area contributed by atoms with Crippen molar-refractivity contribution >= 4 is 11.6 Å². The van der Waals surface area contributed by atoms with E-state index in [4.69, 9.17) is 11.5 Å². The van der Waals surface area contributed by atoms with Crippen molar-refractivity contribution in [1.29, 1.82) is 0 Å². The molecule has 1 amide bonds. The summed E-state index contributed by atoms with van der Waals surface area (Å²) in [5.74, 6) is 0.226. The third kappa shape index (κ3) is 3.70. The van der Waals surface area contributed by atoms with Crippen LogP contribution < -0.4 is 16.8 Å². The molecular weight excluding hydrogens is 238 g/mol. The molecule has 0 heterocycles. The van der Waals surface area contributed by atoms with E-state index in [1.807, 2.05) is 24.3 Å². The molecule has 104 valence electrons. The van der Waals surface area contributed by atoms with Crippen molar-refractivity contribution in [2.45, 2.75) is 38.1 Å². The standard InChI is InChI=1S/C15H23N3O/c16-10-12-6-2-4-8-14(12)18-13-7-3-1-5-11(13)9-15(17)19/h1,3,5,7,12,14,18H,2,4,6,8-10,16H2,(H2,17,19). The van der Waals surface area contributed by atoms with Gasteiger partial charge in [0.15, 0.2) is 0 Å². The van der Waals surface area contributed by atoms with Crippen LogP contribution in [-0.2, 0) is 11.2 Å². The number of nitrogens with two attached hydrogens (primary N) is 2. The van der Waals surface area contributed by atoms with Gasteiger partial charge in [-0.3, -0.25) is 4.79 Å². The largest absolute Gasteiger partial charge is 0.382 e. The van der Waals surface area contributed by atoms with E-state index in [9.17, 15) is 4.79 Å². The smallest absolute Gasteiger partial charge is 0.221 e. The van der Waals surface area contributed by atoms with E-state index < -0.39 is 0 Å². The highest BCUT2D eigenvalue weighted by molar-refractivity contribution is 5.78. The first kappa shape index (κ1) is 13.9. The molecule has 19 heavy (non-hydrogen) atoms. The molecule has 0 aromatic heterocycles. The van der Waals surface area contributed by atoms with Crippen molar-refractivity contribution in [3.63, 3.8) is 0 Å². The van der Waals surface area contributed by atoms with Crippen LogP contribution >= 0.6 is 0 Å². The maximum atomic E-state index is 11.1. The lowest BCUT2D eigenvalue weighted by atomic mass is 9.84. The van der Waals surface area contributed by atoms with E-state index >= 15 is 0 Å². The molecule has 1 aromatic carbocycles. The van der Waals surface area contributed by atoms with Gasteiger partial charge in [-0.05, 0) is 36.9 Å². The van der Waals surface area contributed by atoms with Gasteiger partial charge in [-0.1, -0.05) is 31.0 Å². The average molecular weight is 261 g/mol. The van der Waals surface area contributed by atoms with Gasteiger partial charge in [0.05, 0.1) is 6.42 Å². The highest BCUT2D eigenvalue weighted by atomic mass is 16.1. The number of anilines is 1. The first-order chi connectivity index (χ1) is 9.20. The Hall–Kier alpha value is -1.55. The fraction of sp³-hybridized carbons (Fsp3) is 0.533. The molecule has 1 aliphatic rings. The molecule has 0 radical (unpaired) electrons. The fourth-order valence-electron chi connectivity index (χ4n) is 2.88. The average Bonchev–Trinajstić information content (AvgIpc) is 2.41. The highest BCUT2D eigenvalue weighted by Gasteiger charge is 2.24. The van der Waals surface area contributed by atoms with Gasteiger partial charge in [0, 0.05) is 11.7 Å². The van der Waals surface area contributed by atoms with Crippen LogP contribution in [-0.4, -0.2) is 18.5 Å². The zero-order valence-electron chi connectivity index (χ0n) is 11.3. The van der Waals surface area contributed by atoms with Crippen LogP contribution in [0.2, 0.25) is 0 Å². The number of hydrogen-bond acceptors (Lipinski definition) is 3. The van der Waals surface area contributed by atoms with Crippen molar-refractivity contribution in [3.05, 3.63) is 29.8 Å². The number of amides is 1. The summed E-state index contributed by atoms with van der Waals surface area (Å²) in [6, 6.07) is 8.29. The van der Waals surface area contributed by atoms with E-state index in [0.717, 1.165) is 24.2 Å². The van der Waals surface area contributed by atoms with Gasteiger partial charge in [0.25, 0.3) is 0 Å². The SMILES string of the molecule is NCC1CCCCC1Nc1ccccc1CC(N)=O. The lowest BCUT2D eigenvalue weighted by Gasteiger charge is -2.32. The summed E-state index contributed by atoms with van der Waals surface area (Å²) in [6.07, 6.45) is 5.12. The molecule has 1 aromatic rings. The molecule has 2 rings (SSSR count). The topological polar surface area (TPSA) is 81.1 Å². The van der Waals surface area contributed by atoms with E-state index in [0.29, 0.717) is 12.0 Å². The van der Waals surface area contributed by atoms with Gasteiger partial charge in [0.1, 0.15) is 0 Å². The number of carbonyl (C=O) groups excluding carboxylic acids is 1. The summed E-state index contributed by atoms with van der Waals surface area (Å²) < 4.78 is 0. The highest BCUT2D eigenvalue weighted by Crippen LogP contribution is 2.28. The molecule has 4 heteroatoms. The number of rotatable bonds is 5. The monoisotopic (exact) mass is 261 g/mol. The van der Waals surface area contributed by atoms with Gasteiger partial charge in [-0.15, -0.1) is 0 Å². The second kappa shape index (κ2) is 6.57. The molecule has 1 fully saturated rings. The Labute approximate surface area is 114 Å². The van der Waals surface area contributed by atoms with Crippen LogP contribution in [0, 0.1) is 5.92 Å². The Morgan fingerprint density at radius 3 is 2.74 bits per heavy atom. The van der Waals surface area contributed by atoms with E-state index in [1.54, 1.807) is 0 Å². The Bertz CT molecular complexity index is 433. The lowest BCUT2D eigenvalue weighted by Crippen LogP contribution is -2.37. The third-order valence-electron chi connectivity index (χ3n) is 3.93. The fourth-order valence-corrected chi connectivity index (χ4v) is 2.88. The second-order valence-electron chi connectivity index (χ2n) is 5.33. The zero-order chi connectivity index (χ0) is 13.7. The molecule has 0 aliphatic heterocycles. The summed E-state index contributed by atoms with van der Waals surface area (Å²) in [4.78, 5) is 11.1. The van der Waals surface area contributed by atoms with Crippen molar-refractivity contribution in [3.8, 4) is 0 Å². The normalized spacial score (nSPS) is 23.0. The van der Waals surface area contributed by atoms with Crippen LogP contribution in [0.3, 0.4) is 0 Å². The number of hydrogen-bond donors (Lipinski definition) is 3. The summed E-state index contributed by atoms with van der Waals surface area (Å²) in [6.45, 7) is 0.718. The van der Waals surface area contributed by atoms with Crippen molar-refractivity contribution in [2.24, 2.45) is 17.4 Å². The first-order valence-corrected chi connectivity index (χ1v) is 7.03. The predicted molar refractivity (Wildman–Crippen MR) is 77.8 cm³/mol. The molecule has 0 saturated heterocycles. The van der Waals surface area contributed by atoms with Gasteiger partial charge in [0.2, 0.25) is 5.91 Å². The maximum Gasteiger partial charge on any atom is 0.221 e. The summed E-state index contributed by atoms with van der Waals surface area (Å²) in [7, 11) is 0. The minimum Gasteiger partial charge on any atom is -0.382 e. The first-order valence-electron chi connectivity index (χ1n) is 7.03. The van der Waals surface area contributed by atoms with Gasteiger partial charge in [-0.2, -0.15) is 0 Å². The Balaban J connectivity index is 2.11. The number of primary amides is 1. The number of carbonyl (C=O) groups is 1. The second-order valence-corrected chi connectivity index (χ2v) is 5.33. The molecule has 2 unspecified atom stereocenters. The van der Waals surface area contributed by atoms with E-state index in [1.165, 1.54) is 19.3 Å². The van der Waals surface area contributed by atoms with Gasteiger partial charge < -0.3 is 16.8 Å². The zero-order valence-corrected chi connectivity index (χ0v) is 11.3. The molecule has 0 bridgehead atoms.